The van der Waals surface area contributed by atoms with Crippen LogP contribution in [0.2, 0.25) is 0 Å². The molecule has 2 aromatic carbocycles. The van der Waals surface area contributed by atoms with E-state index in [1.165, 1.54) is 38.2 Å². The van der Waals surface area contributed by atoms with Crippen LogP contribution < -0.4 is 19.5 Å². The fourth-order valence-electron chi connectivity index (χ4n) is 2.82. The minimum Gasteiger partial charge on any atom is -0.493 e. The van der Waals surface area contributed by atoms with Crippen molar-refractivity contribution in [3.63, 3.8) is 0 Å². The van der Waals surface area contributed by atoms with Gasteiger partial charge in [-0.2, -0.15) is 0 Å². The number of ether oxygens (including phenoxy) is 3. The zero-order valence-electron chi connectivity index (χ0n) is 16.2. The molecule has 0 fully saturated rings. The molecule has 0 aliphatic carbocycles. The van der Waals surface area contributed by atoms with Gasteiger partial charge in [0.15, 0.2) is 11.5 Å². The Kier molecular flexibility index (Phi) is 6.16. The van der Waals surface area contributed by atoms with Crippen molar-refractivity contribution >= 4 is 22.9 Å². The largest absolute Gasteiger partial charge is 0.493 e. The molecule has 0 bridgehead atoms. The molecule has 0 aliphatic heterocycles. The molecule has 7 heteroatoms. The molecule has 0 radical (unpaired) electrons. The summed E-state index contributed by atoms with van der Waals surface area (Å²) in [6.45, 7) is 2.04. The predicted molar refractivity (Wildman–Crippen MR) is 111 cm³/mol. The number of hydrogen-bond donors (Lipinski definition) is 1. The van der Waals surface area contributed by atoms with Crippen LogP contribution in [0.25, 0.3) is 10.6 Å². The second-order valence-electron chi connectivity index (χ2n) is 6.15. The molecule has 1 aromatic heterocycles. The summed E-state index contributed by atoms with van der Waals surface area (Å²) in [4.78, 5) is 17.1. The van der Waals surface area contributed by atoms with Gasteiger partial charge in [-0.05, 0) is 13.0 Å². The van der Waals surface area contributed by atoms with Crippen LogP contribution in [0.1, 0.15) is 11.3 Å². The SMILES string of the molecule is COc1cc(NC(=O)Cc2csc(-c3cccc(C)c3)n2)cc(OC)c1OC. The molecule has 3 rings (SSSR count). The summed E-state index contributed by atoms with van der Waals surface area (Å²) in [6.07, 6.45) is 0.180. The van der Waals surface area contributed by atoms with Gasteiger partial charge in [-0.15, -0.1) is 11.3 Å². The molecule has 0 saturated heterocycles. The van der Waals surface area contributed by atoms with E-state index in [2.05, 4.69) is 16.4 Å². The number of nitrogens with one attached hydrogen (secondary N) is 1. The third-order valence-corrected chi connectivity index (χ3v) is 5.05. The molecule has 0 spiro atoms. The smallest absolute Gasteiger partial charge is 0.230 e. The highest BCUT2D eigenvalue weighted by Gasteiger charge is 2.15. The maximum absolute atomic E-state index is 12.5. The van der Waals surface area contributed by atoms with Gasteiger partial charge in [0.2, 0.25) is 11.7 Å². The molecule has 1 N–H and O–H groups in total. The van der Waals surface area contributed by atoms with E-state index in [-0.39, 0.29) is 12.3 Å². The minimum absolute atomic E-state index is 0.171. The van der Waals surface area contributed by atoms with Crippen LogP contribution in [0, 0.1) is 6.92 Å². The summed E-state index contributed by atoms with van der Waals surface area (Å²) >= 11 is 1.53. The van der Waals surface area contributed by atoms with Crippen LogP contribution in [0.5, 0.6) is 17.2 Å². The van der Waals surface area contributed by atoms with Crippen LogP contribution >= 0.6 is 11.3 Å². The van der Waals surface area contributed by atoms with E-state index in [1.807, 2.05) is 30.5 Å². The molecule has 1 heterocycles. The zero-order chi connectivity index (χ0) is 20.1. The number of carbonyl (C=O) groups excluding carboxylic acids is 1. The van der Waals surface area contributed by atoms with E-state index in [9.17, 15) is 4.79 Å². The second kappa shape index (κ2) is 8.75. The highest BCUT2D eigenvalue weighted by Crippen LogP contribution is 2.40. The van der Waals surface area contributed by atoms with Gasteiger partial charge < -0.3 is 19.5 Å². The van der Waals surface area contributed by atoms with Crippen LogP contribution in [0.4, 0.5) is 5.69 Å². The van der Waals surface area contributed by atoms with Crippen LogP contribution in [-0.2, 0) is 11.2 Å². The van der Waals surface area contributed by atoms with Crippen LogP contribution in [0.15, 0.2) is 41.8 Å². The molecule has 0 saturated carbocycles. The van der Waals surface area contributed by atoms with Gasteiger partial charge in [0.05, 0.1) is 33.4 Å². The van der Waals surface area contributed by atoms with Gasteiger partial charge in [-0.3, -0.25) is 4.79 Å². The van der Waals surface area contributed by atoms with Crippen molar-refractivity contribution in [3.05, 3.63) is 53.0 Å². The maximum atomic E-state index is 12.5. The number of methoxy groups -OCH3 is 3. The summed E-state index contributed by atoms with van der Waals surface area (Å²) in [5.41, 5.74) is 3.52. The van der Waals surface area contributed by atoms with E-state index in [1.54, 1.807) is 12.1 Å². The first-order chi connectivity index (χ1) is 13.5. The highest BCUT2D eigenvalue weighted by atomic mass is 32.1. The first-order valence-electron chi connectivity index (χ1n) is 8.65. The molecular formula is C21H22N2O4S. The first-order valence-corrected chi connectivity index (χ1v) is 9.53. The molecule has 146 valence electrons. The number of nitrogens with zero attached hydrogens (tertiary/aromatic N) is 1. The predicted octanol–water partition coefficient (Wildman–Crippen LogP) is 4.33. The summed E-state index contributed by atoms with van der Waals surface area (Å²) in [7, 11) is 4.60. The average Bonchev–Trinajstić information content (AvgIpc) is 3.15. The fourth-order valence-corrected chi connectivity index (χ4v) is 3.64. The quantitative estimate of drug-likeness (QED) is 0.642. The number of benzene rings is 2. The number of aryl methyl sites for hydroxylation is 1. The van der Waals surface area contributed by atoms with Crippen molar-refractivity contribution in [2.24, 2.45) is 0 Å². The molecule has 28 heavy (non-hydrogen) atoms. The Balaban J connectivity index is 1.73. The van der Waals surface area contributed by atoms with Gasteiger partial charge in [0.1, 0.15) is 5.01 Å². The number of anilines is 1. The number of rotatable bonds is 7. The minimum atomic E-state index is -0.171. The Labute approximate surface area is 168 Å². The number of aromatic nitrogens is 1. The summed E-state index contributed by atoms with van der Waals surface area (Å²) in [6, 6.07) is 11.5. The lowest BCUT2D eigenvalue weighted by atomic mass is 10.1. The Bertz CT molecular complexity index is 959. The van der Waals surface area contributed by atoms with Crippen molar-refractivity contribution in [1.82, 2.24) is 4.98 Å². The standard InChI is InChI=1S/C21H22N2O4S/c1-13-6-5-7-14(8-13)21-23-16(12-28-21)11-19(24)22-15-9-17(25-2)20(27-4)18(10-15)26-3/h5-10,12H,11H2,1-4H3,(H,22,24). The number of carbonyl (C=O) groups is 1. The van der Waals surface area contributed by atoms with Gasteiger partial charge in [0.25, 0.3) is 0 Å². The van der Waals surface area contributed by atoms with Crippen LogP contribution in [-0.4, -0.2) is 32.2 Å². The molecule has 6 nitrogen and oxygen atoms in total. The lowest BCUT2D eigenvalue weighted by Crippen LogP contribution is -2.15. The lowest BCUT2D eigenvalue weighted by Gasteiger charge is -2.14. The maximum Gasteiger partial charge on any atom is 0.230 e. The highest BCUT2D eigenvalue weighted by molar-refractivity contribution is 7.13. The van der Waals surface area contributed by atoms with Gasteiger partial charge in [0, 0.05) is 28.8 Å². The first kappa shape index (κ1) is 19.7. The van der Waals surface area contributed by atoms with Crippen molar-refractivity contribution in [3.8, 4) is 27.8 Å². The number of amides is 1. The topological polar surface area (TPSA) is 69.7 Å². The Morgan fingerprint density at radius 2 is 1.79 bits per heavy atom. The van der Waals surface area contributed by atoms with Crippen molar-refractivity contribution in [2.45, 2.75) is 13.3 Å². The molecule has 0 unspecified atom stereocenters. The fraction of sp³-hybridized carbons (Fsp3) is 0.238. The third-order valence-electron chi connectivity index (χ3n) is 4.11. The molecular weight excluding hydrogens is 376 g/mol. The van der Waals surface area contributed by atoms with E-state index in [0.717, 1.165) is 16.3 Å². The van der Waals surface area contributed by atoms with E-state index < -0.39 is 0 Å². The normalized spacial score (nSPS) is 10.4. The Morgan fingerprint density at radius 3 is 2.39 bits per heavy atom. The number of thiazole rings is 1. The van der Waals surface area contributed by atoms with Crippen molar-refractivity contribution < 1.29 is 19.0 Å². The molecule has 3 aromatic rings. The Hall–Kier alpha value is -3.06. The van der Waals surface area contributed by atoms with Gasteiger partial charge >= 0.3 is 0 Å². The van der Waals surface area contributed by atoms with Crippen molar-refractivity contribution in [1.29, 1.82) is 0 Å². The summed E-state index contributed by atoms with van der Waals surface area (Å²) in [5, 5.41) is 5.67. The molecule has 0 aliphatic rings. The van der Waals surface area contributed by atoms with Gasteiger partial charge in [-0.1, -0.05) is 23.8 Å². The summed E-state index contributed by atoms with van der Waals surface area (Å²) < 4.78 is 15.9. The number of hydrogen-bond acceptors (Lipinski definition) is 6. The lowest BCUT2D eigenvalue weighted by molar-refractivity contribution is -0.115. The van der Waals surface area contributed by atoms with E-state index in [4.69, 9.17) is 14.2 Å². The second-order valence-corrected chi connectivity index (χ2v) is 7.01. The van der Waals surface area contributed by atoms with E-state index >= 15 is 0 Å². The zero-order valence-corrected chi connectivity index (χ0v) is 17.1. The van der Waals surface area contributed by atoms with Crippen molar-refractivity contribution in [2.75, 3.05) is 26.6 Å². The summed E-state index contributed by atoms with van der Waals surface area (Å²) in [5.74, 6) is 1.26. The average molecular weight is 398 g/mol. The molecule has 0 atom stereocenters. The monoisotopic (exact) mass is 398 g/mol. The third kappa shape index (κ3) is 4.43. The van der Waals surface area contributed by atoms with E-state index in [0.29, 0.717) is 22.9 Å². The molecule has 1 amide bonds. The Morgan fingerprint density at radius 1 is 1.07 bits per heavy atom. The van der Waals surface area contributed by atoms with Crippen LogP contribution in [0.3, 0.4) is 0 Å². The van der Waals surface area contributed by atoms with Gasteiger partial charge in [-0.25, -0.2) is 4.98 Å².